The lowest BCUT2D eigenvalue weighted by Gasteiger charge is -2.19. The molecule has 1 saturated heterocycles. The zero-order valence-electron chi connectivity index (χ0n) is 7.97. The Labute approximate surface area is 98.2 Å². The van der Waals surface area contributed by atoms with E-state index in [2.05, 4.69) is 33.0 Å². The van der Waals surface area contributed by atoms with Crippen molar-refractivity contribution >= 4 is 33.2 Å². The largest absolute Gasteiger partial charge is 0.370 e. The van der Waals surface area contributed by atoms with Crippen LogP contribution in [0.2, 0.25) is 5.02 Å². The molecule has 0 aromatic heterocycles. The maximum atomic E-state index is 6.23. The van der Waals surface area contributed by atoms with Gasteiger partial charge in [0.25, 0.3) is 0 Å². The Hall–Kier alpha value is -0.210. The van der Waals surface area contributed by atoms with E-state index in [0.29, 0.717) is 0 Å². The number of hydrogen-bond acceptors (Lipinski definition) is 1. The fourth-order valence-electron chi connectivity index (χ4n) is 1.85. The molecule has 1 aromatic carbocycles. The van der Waals surface area contributed by atoms with Crippen molar-refractivity contribution in [3.8, 4) is 0 Å². The average Bonchev–Trinajstić information content (AvgIpc) is 2.70. The zero-order chi connectivity index (χ0) is 9.97. The maximum Gasteiger partial charge on any atom is 0.0642 e. The summed E-state index contributed by atoms with van der Waals surface area (Å²) in [5.74, 6) is 0. The highest BCUT2D eigenvalue weighted by molar-refractivity contribution is 9.08. The molecule has 0 bridgehead atoms. The molecule has 1 nitrogen and oxygen atoms in total. The van der Waals surface area contributed by atoms with Gasteiger partial charge in [-0.1, -0.05) is 33.6 Å². The normalized spacial score (nSPS) is 16.3. The third-order valence-corrected chi connectivity index (χ3v) is 3.56. The van der Waals surface area contributed by atoms with Crippen LogP contribution in [0.3, 0.4) is 0 Å². The van der Waals surface area contributed by atoms with E-state index in [4.69, 9.17) is 11.6 Å². The molecule has 1 aliphatic heterocycles. The third kappa shape index (κ3) is 2.06. The van der Waals surface area contributed by atoms with Crippen LogP contribution in [0, 0.1) is 0 Å². The highest BCUT2D eigenvalue weighted by Gasteiger charge is 2.14. The van der Waals surface area contributed by atoms with Gasteiger partial charge in [-0.05, 0) is 30.5 Å². The quantitative estimate of drug-likeness (QED) is 0.741. The fraction of sp³-hybridized carbons (Fsp3) is 0.455. The summed E-state index contributed by atoms with van der Waals surface area (Å²) in [5.41, 5.74) is 2.42. The van der Waals surface area contributed by atoms with Gasteiger partial charge in [0.1, 0.15) is 0 Å². The lowest BCUT2D eigenvalue weighted by Crippen LogP contribution is -2.17. The predicted octanol–water partition coefficient (Wildman–Crippen LogP) is 3.84. The van der Waals surface area contributed by atoms with Crippen LogP contribution in [0.4, 0.5) is 5.69 Å². The van der Waals surface area contributed by atoms with Crippen LogP contribution in [0.25, 0.3) is 0 Å². The van der Waals surface area contributed by atoms with E-state index in [1.54, 1.807) is 0 Å². The molecule has 0 atom stereocenters. The van der Waals surface area contributed by atoms with Gasteiger partial charge in [0.2, 0.25) is 0 Å². The molecule has 0 aliphatic carbocycles. The minimum atomic E-state index is 0.868. The Morgan fingerprint density at radius 1 is 1.29 bits per heavy atom. The van der Waals surface area contributed by atoms with E-state index < -0.39 is 0 Å². The standard InChI is InChI=1S/C11H13BrClN/c12-8-9-3-4-11(10(13)7-9)14-5-1-2-6-14/h3-4,7H,1-2,5-6,8H2. The summed E-state index contributed by atoms with van der Waals surface area (Å²) in [4.78, 5) is 2.36. The van der Waals surface area contributed by atoms with Crippen molar-refractivity contribution in [3.05, 3.63) is 28.8 Å². The molecule has 0 spiro atoms. The Morgan fingerprint density at radius 2 is 2.00 bits per heavy atom. The summed E-state index contributed by atoms with van der Waals surface area (Å²) in [5, 5.41) is 1.75. The lowest BCUT2D eigenvalue weighted by atomic mass is 10.2. The molecule has 1 aromatic rings. The lowest BCUT2D eigenvalue weighted by molar-refractivity contribution is 0.949. The van der Waals surface area contributed by atoms with E-state index in [1.165, 1.54) is 24.1 Å². The minimum absolute atomic E-state index is 0.868. The number of hydrogen-bond donors (Lipinski definition) is 0. The van der Waals surface area contributed by atoms with Crippen molar-refractivity contribution in [3.63, 3.8) is 0 Å². The molecular weight excluding hydrogens is 261 g/mol. The van der Waals surface area contributed by atoms with Crippen LogP contribution in [0.5, 0.6) is 0 Å². The number of halogens is 2. The first kappa shape index (κ1) is 10.3. The Kier molecular flexibility index (Phi) is 3.34. The molecule has 0 unspecified atom stereocenters. The van der Waals surface area contributed by atoms with E-state index in [-0.39, 0.29) is 0 Å². The van der Waals surface area contributed by atoms with E-state index in [0.717, 1.165) is 23.4 Å². The second kappa shape index (κ2) is 4.54. The van der Waals surface area contributed by atoms with E-state index in [1.807, 2.05) is 6.07 Å². The first-order valence-corrected chi connectivity index (χ1v) is 6.40. The molecule has 14 heavy (non-hydrogen) atoms. The molecule has 1 fully saturated rings. The number of anilines is 1. The Morgan fingerprint density at radius 3 is 2.57 bits per heavy atom. The van der Waals surface area contributed by atoms with Crippen LogP contribution in [-0.2, 0) is 5.33 Å². The molecule has 0 N–H and O–H groups in total. The molecule has 1 aliphatic rings. The second-order valence-electron chi connectivity index (χ2n) is 3.61. The molecule has 0 amide bonds. The van der Waals surface area contributed by atoms with Gasteiger partial charge < -0.3 is 4.90 Å². The van der Waals surface area contributed by atoms with Crippen molar-refractivity contribution in [1.82, 2.24) is 0 Å². The van der Waals surface area contributed by atoms with Gasteiger partial charge in [-0.3, -0.25) is 0 Å². The van der Waals surface area contributed by atoms with Gasteiger partial charge in [0, 0.05) is 18.4 Å². The highest BCUT2D eigenvalue weighted by Crippen LogP contribution is 2.29. The van der Waals surface area contributed by atoms with Gasteiger partial charge in [-0.2, -0.15) is 0 Å². The van der Waals surface area contributed by atoms with Crippen LogP contribution in [0.1, 0.15) is 18.4 Å². The fourth-order valence-corrected chi connectivity index (χ4v) is 2.52. The maximum absolute atomic E-state index is 6.23. The van der Waals surface area contributed by atoms with Crippen LogP contribution in [0.15, 0.2) is 18.2 Å². The van der Waals surface area contributed by atoms with Gasteiger partial charge in [0.15, 0.2) is 0 Å². The highest BCUT2D eigenvalue weighted by atomic mass is 79.9. The minimum Gasteiger partial charge on any atom is -0.370 e. The van der Waals surface area contributed by atoms with E-state index in [9.17, 15) is 0 Å². The molecule has 3 heteroatoms. The third-order valence-electron chi connectivity index (χ3n) is 2.61. The van der Waals surface area contributed by atoms with Crippen molar-refractivity contribution < 1.29 is 0 Å². The van der Waals surface area contributed by atoms with Gasteiger partial charge >= 0.3 is 0 Å². The van der Waals surface area contributed by atoms with Crippen molar-refractivity contribution in [2.24, 2.45) is 0 Å². The summed E-state index contributed by atoms with van der Waals surface area (Å²) >= 11 is 9.65. The molecule has 0 saturated carbocycles. The molecular formula is C11H13BrClN. The second-order valence-corrected chi connectivity index (χ2v) is 4.58. The van der Waals surface area contributed by atoms with Gasteiger partial charge in [-0.15, -0.1) is 0 Å². The van der Waals surface area contributed by atoms with Crippen LogP contribution >= 0.6 is 27.5 Å². The topological polar surface area (TPSA) is 3.24 Å². The summed E-state index contributed by atoms with van der Waals surface area (Å²) < 4.78 is 0. The monoisotopic (exact) mass is 273 g/mol. The zero-order valence-corrected chi connectivity index (χ0v) is 10.3. The van der Waals surface area contributed by atoms with Crippen molar-refractivity contribution in [2.45, 2.75) is 18.2 Å². The van der Waals surface area contributed by atoms with Crippen molar-refractivity contribution in [2.75, 3.05) is 18.0 Å². The summed E-state index contributed by atoms with van der Waals surface area (Å²) in [6.45, 7) is 2.29. The molecule has 76 valence electrons. The average molecular weight is 275 g/mol. The first-order valence-electron chi connectivity index (χ1n) is 4.90. The molecule has 0 radical (unpaired) electrons. The number of alkyl halides is 1. The number of rotatable bonds is 2. The summed E-state index contributed by atoms with van der Waals surface area (Å²) in [6, 6.07) is 6.31. The Bertz CT molecular complexity index is 321. The Balaban J connectivity index is 2.25. The predicted molar refractivity (Wildman–Crippen MR) is 65.5 cm³/mol. The number of nitrogens with zero attached hydrogens (tertiary/aromatic N) is 1. The number of benzene rings is 1. The van der Waals surface area contributed by atoms with E-state index >= 15 is 0 Å². The van der Waals surface area contributed by atoms with Crippen LogP contribution < -0.4 is 4.90 Å². The van der Waals surface area contributed by atoms with Gasteiger partial charge in [-0.25, -0.2) is 0 Å². The molecule has 1 heterocycles. The van der Waals surface area contributed by atoms with Crippen molar-refractivity contribution in [1.29, 1.82) is 0 Å². The van der Waals surface area contributed by atoms with Gasteiger partial charge in [0.05, 0.1) is 10.7 Å². The SMILES string of the molecule is Clc1cc(CBr)ccc1N1CCCC1. The smallest absolute Gasteiger partial charge is 0.0642 e. The van der Waals surface area contributed by atoms with Crippen LogP contribution in [-0.4, -0.2) is 13.1 Å². The first-order chi connectivity index (χ1) is 6.81. The summed E-state index contributed by atoms with van der Waals surface area (Å²) in [6.07, 6.45) is 2.58. The summed E-state index contributed by atoms with van der Waals surface area (Å²) in [7, 11) is 0. The molecule has 2 rings (SSSR count).